The first-order valence-corrected chi connectivity index (χ1v) is 5.54. The summed E-state index contributed by atoms with van der Waals surface area (Å²) >= 11 is 0. The number of hydrogen-bond acceptors (Lipinski definition) is 2. The Morgan fingerprint density at radius 3 is 2.27 bits per heavy atom. The van der Waals surface area contributed by atoms with E-state index in [1.54, 1.807) is 0 Å². The Bertz CT molecular complexity index is 277. The molecule has 1 rings (SSSR count). The van der Waals surface area contributed by atoms with E-state index in [1.165, 1.54) is 5.56 Å². The number of hydrogen-bond donors (Lipinski definition) is 1. The third-order valence-electron chi connectivity index (χ3n) is 2.45. The fraction of sp³-hybridized carbons (Fsp3) is 0.538. The van der Waals surface area contributed by atoms with Crippen LogP contribution in [0.1, 0.15) is 38.7 Å². The molecule has 0 heterocycles. The quantitative estimate of drug-likeness (QED) is 0.806. The second-order valence-corrected chi connectivity index (χ2v) is 3.99. The lowest BCUT2D eigenvalue weighted by atomic mass is 9.95. The van der Waals surface area contributed by atoms with Gasteiger partial charge in [-0.3, -0.25) is 0 Å². The van der Waals surface area contributed by atoms with Gasteiger partial charge in [0.2, 0.25) is 0 Å². The van der Waals surface area contributed by atoms with Crippen molar-refractivity contribution >= 4 is 0 Å². The van der Waals surface area contributed by atoms with E-state index in [9.17, 15) is 5.11 Å². The molecule has 0 saturated carbocycles. The lowest BCUT2D eigenvalue weighted by molar-refractivity contribution is 0.176. The highest BCUT2D eigenvalue weighted by molar-refractivity contribution is 5.29. The van der Waals surface area contributed by atoms with E-state index in [1.807, 2.05) is 26.0 Å². The van der Waals surface area contributed by atoms with Gasteiger partial charge in [0.25, 0.3) is 0 Å². The first-order chi connectivity index (χ1) is 7.13. The summed E-state index contributed by atoms with van der Waals surface area (Å²) < 4.78 is 5.37. The van der Waals surface area contributed by atoms with E-state index in [-0.39, 0.29) is 6.10 Å². The summed E-state index contributed by atoms with van der Waals surface area (Å²) in [5.74, 6) is 1.30. The van der Waals surface area contributed by atoms with Crippen LogP contribution >= 0.6 is 0 Å². The molecular weight excluding hydrogens is 188 g/mol. The molecule has 2 unspecified atom stereocenters. The molecule has 1 N–H and O–H groups in total. The molecule has 0 aliphatic heterocycles. The summed E-state index contributed by atoms with van der Waals surface area (Å²) in [6.07, 6.45) is 0.556. The minimum Gasteiger partial charge on any atom is -0.494 e. The van der Waals surface area contributed by atoms with E-state index < -0.39 is 0 Å². The molecule has 0 fully saturated rings. The molecule has 1 aromatic rings. The summed E-state index contributed by atoms with van der Waals surface area (Å²) in [4.78, 5) is 0. The zero-order chi connectivity index (χ0) is 11.3. The third kappa shape index (κ3) is 3.92. The van der Waals surface area contributed by atoms with Crippen LogP contribution in [0.25, 0.3) is 0 Å². The fourth-order valence-corrected chi connectivity index (χ4v) is 1.71. The molecule has 0 amide bonds. The maximum absolute atomic E-state index is 9.30. The van der Waals surface area contributed by atoms with E-state index in [2.05, 4.69) is 19.1 Å². The smallest absolute Gasteiger partial charge is 0.119 e. The average Bonchev–Trinajstić information content (AvgIpc) is 2.18. The lowest BCUT2D eigenvalue weighted by Crippen LogP contribution is -2.05. The number of aliphatic hydroxyl groups excluding tert-OH is 1. The molecule has 0 radical (unpaired) electrons. The topological polar surface area (TPSA) is 29.5 Å². The normalized spacial score (nSPS) is 14.7. The van der Waals surface area contributed by atoms with Crippen LogP contribution in [0.15, 0.2) is 24.3 Å². The highest BCUT2D eigenvalue weighted by Crippen LogP contribution is 2.22. The SMILES string of the molecule is CCOc1ccc(C(C)CC(C)O)cc1. The van der Waals surface area contributed by atoms with Gasteiger partial charge < -0.3 is 9.84 Å². The van der Waals surface area contributed by atoms with Crippen molar-refractivity contribution in [1.82, 2.24) is 0 Å². The molecule has 0 aliphatic carbocycles. The zero-order valence-corrected chi connectivity index (χ0v) is 9.73. The molecular formula is C13H20O2. The molecule has 15 heavy (non-hydrogen) atoms. The van der Waals surface area contributed by atoms with Gasteiger partial charge in [0.05, 0.1) is 12.7 Å². The number of aliphatic hydroxyl groups is 1. The van der Waals surface area contributed by atoms with Gasteiger partial charge in [-0.15, -0.1) is 0 Å². The van der Waals surface area contributed by atoms with Gasteiger partial charge in [0, 0.05) is 0 Å². The minimum absolute atomic E-state index is 0.244. The Balaban J connectivity index is 2.62. The maximum atomic E-state index is 9.30. The van der Waals surface area contributed by atoms with Gasteiger partial charge in [-0.1, -0.05) is 19.1 Å². The van der Waals surface area contributed by atoms with Crippen molar-refractivity contribution in [3.8, 4) is 5.75 Å². The molecule has 0 aliphatic rings. The molecule has 0 bridgehead atoms. The molecule has 84 valence electrons. The minimum atomic E-state index is -0.244. The Hall–Kier alpha value is -1.02. The Morgan fingerprint density at radius 2 is 1.80 bits per heavy atom. The molecule has 0 aromatic heterocycles. The first kappa shape index (κ1) is 12.1. The Morgan fingerprint density at radius 1 is 1.20 bits per heavy atom. The van der Waals surface area contributed by atoms with Gasteiger partial charge in [0.15, 0.2) is 0 Å². The van der Waals surface area contributed by atoms with Crippen LogP contribution in [0.5, 0.6) is 5.75 Å². The van der Waals surface area contributed by atoms with Crippen LogP contribution in [0.4, 0.5) is 0 Å². The Labute approximate surface area is 91.9 Å². The predicted octanol–water partition coefficient (Wildman–Crippen LogP) is 2.96. The zero-order valence-electron chi connectivity index (χ0n) is 9.73. The summed E-state index contributed by atoms with van der Waals surface area (Å²) in [5.41, 5.74) is 1.25. The molecule has 0 spiro atoms. The number of rotatable bonds is 5. The van der Waals surface area contributed by atoms with E-state index >= 15 is 0 Å². The van der Waals surface area contributed by atoms with E-state index in [0.29, 0.717) is 12.5 Å². The lowest BCUT2D eigenvalue weighted by Gasteiger charge is -2.14. The first-order valence-electron chi connectivity index (χ1n) is 5.54. The van der Waals surface area contributed by atoms with Crippen LogP contribution in [0, 0.1) is 0 Å². The highest BCUT2D eigenvalue weighted by Gasteiger charge is 2.08. The molecule has 2 nitrogen and oxygen atoms in total. The van der Waals surface area contributed by atoms with Crippen LogP contribution < -0.4 is 4.74 Å². The molecule has 1 aromatic carbocycles. The van der Waals surface area contributed by atoms with Gasteiger partial charge in [0.1, 0.15) is 5.75 Å². The number of ether oxygens (including phenoxy) is 1. The van der Waals surface area contributed by atoms with E-state index in [0.717, 1.165) is 12.2 Å². The van der Waals surface area contributed by atoms with Crippen LogP contribution in [-0.4, -0.2) is 17.8 Å². The van der Waals surface area contributed by atoms with Crippen molar-refractivity contribution in [2.24, 2.45) is 0 Å². The van der Waals surface area contributed by atoms with Crippen molar-refractivity contribution in [3.05, 3.63) is 29.8 Å². The highest BCUT2D eigenvalue weighted by atomic mass is 16.5. The summed E-state index contributed by atoms with van der Waals surface area (Å²) in [5, 5.41) is 9.30. The van der Waals surface area contributed by atoms with Gasteiger partial charge >= 0.3 is 0 Å². The van der Waals surface area contributed by atoms with E-state index in [4.69, 9.17) is 4.74 Å². The molecule has 2 heteroatoms. The van der Waals surface area contributed by atoms with Crippen molar-refractivity contribution in [2.75, 3.05) is 6.61 Å². The van der Waals surface area contributed by atoms with Crippen LogP contribution in [0.2, 0.25) is 0 Å². The number of benzene rings is 1. The fourth-order valence-electron chi connectivity index (χ4n) is 1.71. The molecule has 0 saturated heterocycles. The Kier molecular flexibility index (Phi) is 4.63. The monoisotopic (exact) mass is 208 g/mol. The molecule has 2 atom stereocenters. The van der Waals surface area contributed by atoms with Crippen LogP contribution in [0.3, 0.4) is 0 Å². The van der Waals surface area contributed by atoms with Gasteiger partial charge in [-0.2, -0.15) is 0 Å². The van der Waals surface area contributed by atoms with Gasteiger partial charge in [-0.25, -0.2) is 0 Å². The second-order valence-electron chi connectivity index (χ2n) is 3.99. The predicted molar refractivity (Wildman–Crippen MR) is 62.3 cm³/mol. The standard InChI is InChI=1S/C13H20O2/c1-4-15-13-7-5-12(6-8-13)10(2)9-11(3)14/h5-8,10-11,14H,4,9H2,1-3H3. The van der Waals surface area contributed by atoms with Crippen molar-refractivity contribution < 1.29 is 9.84 Å². The van der Waals surface area contributed by atoms with Crippen molar-refractivity contribution in [3.63, 3.8) is 0 Å². The maximum Gasteiger partial charge on any atom is 0.119 e. The third-order valence-corrected chi connectivity index (χ3v) is 2.45. The summed E-state index contributed by atoms with van der Waals surface area (Å²) in [6.45, 7) is 6.63. The average molecular weight is 208 g/mol. The largest absolute Gasteiger partial charge is 0.494 e. The summed E-state index contributed by atoms with van der Waals surface area (Å²) in [7, 11) is 0. The summed E-state index contributed by atoms with van der Waals surface area (Å²) in [6, 6.07) is 8.10. The van der Waals surface area contributed by atoms with Gasteiger partial charge in [-0.05, 0) is 43.9 Å². The van der Waals surface area contributed by atoms with Crippen molar-refractivity contribution in [1.29, 1.82) is 0 Å². The second kappa shape index (κ2) is 5.76. The van der Waals surface area contributed by atoms with Crippen molar-refractivity contribution in [2.45, 2.75) is 39.2 Å². The van der Waals surface area contributed by atoms with Crippen LogP contribution in [-0.2, 0) is 0 Å².